The van der Waals surface area contributed by atoms with Crippen molar-refractivity contribution in [1.82, 2.24) is 4.98 Å². The van der Waals surface area contributed by atoms with Crippen molar-refractivity contribution in [1.29, 1.82) is 5.26 Å². The molecule has 0 fully saturated rings. The van der Waals surface area contributed by atoms with E-state index in [9.17, 15) is 5.26 Å². The van der Waals surface area contributed by atoms with Crippen molar-refractivity contribution in [2.75, 3.05) is 0 Å². The highest BCUT2D eigenvalue weighted by atomic mass is 14.7. The standard InChI is InChI=1S/C42H26N2/c43-26-28-19-24-39(44-27-28)38-23-20-31-25-32(21-22-33(31)40(38)29-11-3-1-4-12-29)42-36-17-9-7-15-34(36)41(30-13-5-2-6-14-30)35-16-8-10-18-37(35)42/h1-25,27H. The molecule has 0 aliphatic heterocycles. The fraction of sp³-hybridized carbons (Fsp3) is 0. The zero-order valence-corrected chi connectivity index (χ0v) is 23.9. The molecule has 44 heavy (non-hydrogen) atoms. The number of nitriles is 1. The second-order valence-corrected chi connectivity index (χ2v) is 11.0. The molecular formula is C42H26N2. The number of hydrogen-bond acceptors (Lipinski definition) is 2. The van der Waals surface area contributed by atoms with Crippen molar-refractivity contribution >= 4 is 32.3 Å². The normalized spacial score (nSPS) is 11.2. The first-order valence-electron chi connectivity index (χ1n) is 14.8. The first kappa shape index (κ1) is 25.7. The molecule has 0 radical (unpaired) electrons. The maximum Gasteiger partial charge on any atom is 0.101 e. The number of fused-ring (bicyclic) bond motifs is 3. The lowest BCUT2D eigenvalue weighted by Crippen LogP contribution is -1.93. The number of benzene rings is 7. The van der Waals surface area contributed by atoms with Gasteiger partial charge in [0, 0.05) is 11.8 Å². The molecular weight excluding hydrogens is 532 g/mol. The summed E-state index contributed by atoms with van der Waals surface area (Å²) >= 11 is 0. The first-order valence-corrected chi connectivity index (χ1v) is 14.8. The SMILES string of the molecule is N#Cc1ccc(-c2ccc3cc(-c4c5ccccc5c(-c5ccccc5)c5ccccc45)ccc3c2-c2ccccc2)nc1. The average Bonchev–Trinajstić information content (AvgIpc) is 3.10. The highest BCUT2D eigenvalue weighted by Crippen LogP contribution is 2.45. The largest absolute Gasteiger partial charge is 0.255 e. The lowest BCUT2D eigenvalue weighted by atomic mass is 9.85. The Bertz CT molecular complexity index is 2310. The molecule has 204 valence electrons. The maximum atomic E-state index is 9.31. The minimum Gasteiger partial charge on any atom is -0.255 e. The van der Waals surface area contributed by atoms with Crippen molar-refractivity contribution in [3.63, 3.8) is 0 Å². The second kappa shape index (κ2) is 10.7. The molecule has 0 N–H and O–H groups in total. The third kappa shape index (κ3) is 4.23. The highest BCUT2D eigenvalue weighted by Gasteiger charge is 2.18. The molecule has 0 atom stereocenters. The van der Waals surface area contributed by atoms with E-state index in [1.165, 1.54) is 49.2 Å². The molecule has 0 bridgehead atoms. The van der Waals surface area contributed by atoms with E-state index in [0.29, 0.717) is 5.56 Å². The molecule has 8 aromatic rings. The Morgan fingerprint density at radius 3 is 1.52 bits per heavy atom. The molecule has 1 aromatic heterocycles. The zero-order chi connectivity index (χ0) is 29.5. The van der Waals surface area contributed by atoms with Crippen LogP contribution in [0, 0.1) is 11.3 Å². The van der Waals surface area contributed by atoms with Gasteiger partial charge < -0.3 is 0 Å². The van der Waals surface area contributed by atoms with E-state index in [0.717, 1.165) is 27.8 Å². The summed E-state index contributed by atoms with van der Waals surface area (Å²) < 4.78 is 0. The maximum absolute atomic E-state index is 9.31. The van der Waals surface area contributed by atoms with E-state index in [1.54, 1.807) is 6.20 Å². The lowest BCUT2D eigenvalue weighted by Gasteiger charge is -2.19. The lowest BCUT2D eigenvalue weighted by molar-refractivity contribution is 1.30. The molecule has 2 nitrogen and oxygen atoms in total. The molecule has 0 saturated heterocycles. The van der Waals surface area contributed by atoms with Crippen LogP contribution in [0.4, 0.5) is 0 Å². The zero-order valence-electron chi connectivity index (χ0n) is 23.9. The number of aromatic nitrogens is 1. The van der Waals surface area contributed by atoms with Crippen molar-refractivity contribution in [3.8, 4) is 50.7 Å². The van der Waals surface area contributed by atoms with Crippen LogP contribution in [-0.4, -0.2) is 4.98 Å². The minimum absolute atomic E-state index is 0.554. The van der Waals surface area contributed by atoms with Gasteiger partial charge in [0.15, 0.2) is 0 Å². The number of rotatable bonds is 4. The highest BCUT2D eigenvalue weighted by molar-refractivity contribution is 6.22. The third-order valence-electron chi connectivity index (χ3n) is 8.53. The van der Waals surface area contributed by atoms with Gasteiger partial charge in [-0.3, -0.25) is 4.98 Å². The topological polar surface area (TPSA) is 36.7 Å². The fourth-order valence-electron chi connectivity index (χ4n) is 6.59. The van der Waals surface area contributed by atoms with Crippen molar-refractivity contribution in [2.24, 2.45) is 0 Å². The van der Waals surface area contributed by atoms with E-state index in [-0.39, 0.29) is 0 Å². The van der Waals surface area contributed by atoms with Gasteiger partial charge in [-0.05, 0) is 83.9 Å². The summed E-state index contributed by atoms with van der Waals surface area (Å²) in [5.74, 6) is 0. The van der Waals surface area contributed by atoms with Crippen LogP contribution in [0.2, 0.25) is 0 Å². The summed E-state index contributed by atoms with van der Waals surface area (Å²) in [5.41, 5.74) is 9.65. The monoisotopic (exact) mass is 558 g/mol. The Morgan fingerprint density at radius 2 is 0.977 bits per heavy atom. The van der Waals surface area contributed by atoms with Crippen LogP contribution in [0.5, 0.6) is 0 Å². The molecule has 2 heteroatoms. The number of nitrogens with zero attached hydrogens (tertiary/aromatic N) is 2. The van der Waals surface area contributed by atoms with Gasteiger partial charge in [0.1, 0.15) is 6.07 Å². The van der Waals surface area contributed by atoms with Crippen molar-refractivity contribution < 1.29 is 0 Å². The van der Waals surface area contributed by atoms with Gasteiger partial charge in [0.2, 0.25) is 0 Å². The van der Waals surface area contributed by atoms with Crippen LogP contribution >= 0.6 is 0 Å². The summed E-state index contributed by atoms with van der Waals surface area (Å²) in [6, 6.07) is 55.9. The first-order chi connectivity index (χ1) is 21.8. The smallest absolute Gasteiger partial charge is 0.101 e. The molecule has 0 saturated carbocycles. The summed E-state index contributed by atoms with van der Waals surface area (Å²) in [6.07, 6.45) is 1.65. The Morgan fingerprint density at radius 1 is 0.432 bits per heavy atom. The predicted octanol–water partition coefficient (Wildman–Crippen LogP) is 11.1. The van der Waals surface area contributed by atoms with Gasteiger partial charge in [-0.1, -0.05) is 133 Å². The molecule has 0 aliphatic rings. The van der Waals surface area contributed by atoms with Crippen LogP contribution in [0.15, 0.2) is 158 Å². The Balaban J connectivity index is 1.40. The predicted molar refractivity (Wildman–Crippen MR) is 183 cm³/mol. The van der Waals surface area contributed by atoms with Crippen LogP contribution in [0.1, 0.15) is 5.56 Å². The van der Waals surface area contributed by atoms with Gasteiger partial charge in [-0.25, -0.2) is 0 Å². The van der Waals surface area contributed by atoms with E-state index >= 15 is 0 Å². The third-order valence-corrected chi connectivity index (χ3v) is 8.53. The Kier molecular flexibility index (Phi) is 6.21. The number of pyridine rings is 1. The van der Waals surface area contributed by atoms with Gasteiger partial charge in [0.05, 0.1) is 11.3 Å². The van der Waals surface area contributed by atoms with Gasteiger partial charge in [0.25, 0.3) is 0 Å². The summed E-state index contributed by atoms with van der Waals surface area (Å²) in [4.78, 5) is 4.66. The second-order valence-electron chi connectivity index (χ2n) is 11.0. The van der Waals surface area contributed by atoms with Gasteiger partial charge >= 0.3 is 0 Å². The number of hydrogen-bond donors (Lipinski definition) is 0. The molecule has 0 spiro atoms. The summed E-state index contributed by atoms with van der Waals surface area (Å²) in [5, 5.41) is 16.6. The molecule has 8 rings (SSSR count). The molecule has 0 unspecified atom stereocenters. The van der Waals surface area contributed by atoms with Crippen LogP contribution in [0.3, 0.4) is 0 Å². The summed E-state index contributed by atoms with van der Waals surface area (Å²) in [6.45, 7) is 0. The van der Waals surface area contributed by atoms with E-state index in [4.69, 9.17) is 0 Å². The van der Waals surface area contributed by atoms with Crippen LogP contribution in [0.25, 0.3) is 77.0 Å². The van der Waals surface area contributed by atoms with Gasteiger partial charge in [-0.2, -0.15) is 5.26 Å². The van der Waals surface area contributed by atoms with Crippen LogP contribution < -0.4 is 0 Å². The van der Waals surface area contributed by atoms with Crippen molar-refractivity contribution in [2.45, 2.75) is 0 Å². The van der Waals surface area contributed by atoms with E-state index < -0.39 is 0 Å². The summed E-state index contributed by atoms with van der Waals surface area (Å²) in [7, 11) is 0. The molecule has 0 aliphatic carbocycles. The van der Waals surface area contributed by atoms with Gasteiger partial charge in [-0.15, -0.1) is 0 Å². The Labute approximate surface area is 256 Å². The average molecular weight is 559 g/mol. The van der Waals surface area contributed by atoms with E-state index in [1.807, 2.05) is 18.2 Å². The molecule has 7 aromatic carbocycles. The van der Waals surface area contributed by atoms with E-state index in [2.05, 4.69) is 145 Å². The molecule has 0 amide bonds. The van der Waals surface area contributed by atoms with Crippen LogP contribution in [-0.2, 0) is 0 Å². The van der Waals surface area contributed by atoms with Crippen molar-refractivity contribution in [3.05, 3.63) is 163 Å². The quantitative estimate of drug-likeness (QED) is 0.201. The molecule has 1 heterocycles. The fourth-order valence-corrected chi connectivity index (χ4v) is 6.59. The minimum atomic E-state index is 0.554. The Hall–Kier alpha value is -6.04.